The number of benzene rings is 4. The van der Waals surface area contributed by atoms with Crippen LogP contribution in [0.15, 0.2) is 73.3 Å². The second kappa shape index (κ2) is 15.6. The summed E-state index contributed by atoms with van der Waals surface area (Å²) in [5.74, 6) is -1.05. The molecule has 13 nitrogen and oxygen atoms in total. The third-order valence-electron chi connectivity index (χ3n) is 8.74. The fraction of sp³-hybridized carbons (Fsp3) is 0.268. The Morgan fingerprint density at radius 2 is 1.02 bits per heavy atom. The van der Waals surface area contributed by atoms with Crippen LogP contribution >= 0.6 is 0 Å². The van der Waals surface area contributed by atoms with E-state index >= 15 is 0 Å². The Morgan fingerprint density at radius 1 is 0.630 bits per heavy atom. The van der Waals surface area contributed by atoms with E-state index in [0.29, 0.717) is 66.6 Å². The van der Waals surface area contributed by atoms with Crippen molar-refractivity contribution in [2.75, 3.05) is 27.4 Å². The van der Waals surface area contributed by atoms with Gasteiger partial charge in [-0.1, -0.05) is 13.2 Å². The van der Waals surface area contributed by atoms with Crippen LogP contribution in [0.4, 0.5) is 0 Å². The van der Waals surface area contributed by atoms with Gasteiger partial charge in [0, 0.05) is 56.8 Å². The summed E-state index contributed by atoms with van der Waals surface area (Å²) >= 11 is 0. The van der Waals surface area contributed by atoms with Crippen LogP contribution in [0.25, 0.3) is 21.5 Å². The van der Waals surface area contributed by atoms with Crippen molar-refractivity contribution in [3.05, 3.63) is 95.6 Å². The Balaban J connectivity index is 0.000000210. The van der Waals surface area contributed by atoms with Crippen LogP contribution in [0.2, 0.25) is 0 Å². The molecule has 0 fully saturated rings. The molecular weight excluding hydrogens is 696 g/mol. The molecule has 0 N–H and O–H groups in total. The highest BCUT2D eigenvalue weighted by Crippen LogP contribution is 2.43. The van der Waals surface area contributed by atoms with Crippen molar-refractivity contribution in [2.24, 2.45) is 0 Å². The van der Waals surface area contributed by atoms with Gasteiger partial charge in [0.25, 0.3) is 23.6 Å². The molecule has 0 radical (unpaired) electrons. The maximum absolute atomic E-state index is 12.9. The van der Waals surface area contributed by atoms with E-state index < -0.39 is 11.9 Å². The molecule has 0 aliphatic carbocycles. The number of rotatable bonds is 11. The highest BCUT2D eigenvalue weighted by atomic mass is 16.6. The molecule has 6 rings (SSSR count). The van der Waals surface area contributed by atoms with Crippen LogP contribution in [0.1, 0.15) is 76.1 Å². The first kappa shape index (κ1) is 38.7. The summed E-state index contributed by atoms with van der Waals surface area (Å²) in [5, 5.41) is 1.89. The fourth-order valence-corrected chi connectivity index (χ4v) is 6.33. The lowest BCUT2D eigenvalue weighted by molar-refractivity contribution is -0.139. The van der Waals surface area contributed by atoms with Gasteiger partial charge in [-0.25, -0.2) is 9.59 Å². The van der Waals surface area contributed by atoms with Gasteiger partial charge in [-0.3, -0.25) is 29.0 Å². The van der Waals surface area contributed by atoms with Gasteiger partial charge in [0.2, 0.25) is 0 Å². The van der Waals surface area contributed by atoms with Crippen molar-refractivity contribution in [3.8, 4) is 23.0 Å². The summed E-state index contributed by atoms with van der Waals surface area (Å²) in [6, 6.07) is 12.4. The zero-order valence-corrected chi connectivity index (χ0v) is 31.1. The number of nitrogens with zero attached hydrogens (tertiary/aromatic N) is 2. The average Bonchev–Trinajstić information content (AvgIpc) is 3.14. The van der Waals surface area contributed by atoms with E-state index in [1.807, 2.05) is 0 Å². The van der Waals surface area contributed by atoms with Crippen LogP contribution in [-0.4, -0.2) is 84.9 Å². The summed E-state index contributed by atoms with van der Waals surface area (Å²) in [6.07, 6.45) is 1.04. The predicted octanol–water partition coefficient (Wildman–Crippen LogP) is 6.30. The van der Waals surface area contributed by atoms with E-state index in [0.717, 1.165) is 6.08 Å². The van der Waals surface area contributed by atoms with E-state index in [1.165, 1.54) is 30.1 Å². The van der Waals surface area contributed by atoms with Crippen molar-refractivity contribution in [1.82, 2.24) is 9.80 Å². The molecule has 13 heteroatoms. The largest absolute Gasteiger partial charge is 0.496 e. The molecule has 280 valence electrons. The highest BCUT2D eigenvalue weighted by Gasteiger charge is 2.37. The number of carbonyl (C=O) groups is 6. The number of hydrogen-bond acceptors (Lipinski definition) is 11. The van der Waals surface area contributed by atoms with E-state index in [4.69, 9.17) is 23.7 Å². The molecule has 2 heterocycles. The SMILES string of the molecule is C=C(C)C(=O)OCCOc1ccc2c3c(ccc(OC)c13)C(=O)N(C(C)C)C2=O.C=CC(=O)Oc1ccc2c3c(ccc(OC)c13)C(=O)N(C(C)C)C2=O. The Hall–Kier alpha value is -6.50. The lowest BCUT2D eigenvalue weighted by Crippen LogP contribution is -2.44. The minimum absolute atomic E-state index is 0.0376. The van der Waals surface area contributed by atoms with Crippen molar-refractivity contribution in [3.63, 3.8) is 0 Å². The zero-order valence-electron chi connectivity index (χ0n) is 31.1. The van der Waals surface area contributed by atoms with E-state index in [1.54, 1.807) is 77.1 Å². The van der Waals surface area contributed by atoms with Crippen LogP contribution in [0, 0.1) is 0 Å². The Labute approximate surface area is 311 Å². The molecule has 0 spiro atoms. The van der Waals surface area contributed by atoms with Crippen LogP contribution in [0.3, 0.4) is 0 Å². The molecule has 0 atom stereocenters. The molecule has 54 heavy (non-hydrogen) atoms. The smallest absolute Gasteiger partial charge is 0.335 e. The second-order valence-corrected chi connectivity index (χ2v) is 12.9. The van der Waals surface area contributed by atoms with Gasteiger partial charge in [-0.15, -0.1) is 0 Å². The normalized spacial score (nSPS) is 13.2. The molecule has 0 saturated carbocycles. The molecule has 0 unspecified atom stereocenters. The molecule has 0 aromatic heterocycles. The van der Waals surface area contributed by atoms with Crippen LogP contribution in [0.5, 0.6) is 23.0 Å². The topological polar surface area (TPSA) is 155 Å². The van der Waals surface area contributed by atoms with Gasteiger partial charge in [0.1, 0.15) is 36.2 Å². The van der Waals surface area contributed by atoms with Crippen molar-refractivity contribution >= 4 is 57.1 Å². The Morgan fingerprint density at radius 3 is 1.39 bits per heavy atom. The molecule has 4 amide bonds. The van der Waals surface area contributed by atoms with Gasteiger partial charge < -0.3 is 23.7 Å². The maximum atomic E-state index is 12.9. The standard InChI is InChI=1S/C22H23NO6.C19H17NO5/c1-12(2)22(26)29-11-10-28-17-9-7-15-18-14(6-8-16(27-5)19(17)18)20(24)23(13(3)4)21(15)25;1-5-15(21)25-14-9-7-12-16-11(6-8-13(24-4)17(14)16)18(22)20(10(2)3)19(12)23/h6-9,13H,1,10-11H2,2-5H3;5-10H,1H2,2-4H3. The average molecular weight is 737 g/mol. The predicted molar refractivity (Wildman–Crippen MR) is 199 cm³/mol. The van der Waals surface area contributed by atoms with Crippen LogP contribution in [-0.2, 0) is 14.3 Å². The number of ether oxygens (including phenoxy) is 5. The fourth-order valence-electron chi connectivity index (χ4n) is 6.33. The monoisotopic (exact) mass is 736 g/mol. The second-order valence-electron chi connectivity index (χ2n) is 12.9. The number of esters is 2. The molecular formula is C41H40N2O11. The highest BCUT2D eigenvalue weighted by molar-refractivity contribution is 6.28. The molecule has 4 aromatic carbocycles. The van der Waals surface area contributed by atoms with E-state index in [-0.39, 0.29) is 54.7 Å². The Bertz CT molecular complexity index is 2230. The quantitative estimate of drug-likeness (QED) is 0.0561. The third kappa shape index (κ3) is 6.87. The molecule has 4 aromatic rings. The number of hydrogen-bond donors (Lipinski definition) is 0. The molecule has 2 aliphatic heterocycles. The molecule has 2 aliphatic rings. The summed E-state index contributed by atoms with van der Waals surface area (Å²) in [4.78, 5) is 77.0. The maximum Gasteiger partial charge on any atom is 0.335 e. The lowest BCUT2D eigenvalue weighted by Gasteiger charge is -2.30. The zero-order chi connectivity index (χ0) is 39.6. The summed E-state index contributed by atoms with van der Waals surface area (Å²) in [5.41, 5.74) is 1.89. The summed E-state index contributed by atoms with van der Waals surface area (Å²) < 4.78 is 26.9. The minimum Gasteiger partial charge on any atom is -0.496 e. The van der Waals surface area contributed by atoms with E-state index in [9.17, 15) is 28.8 Å². The number of carbonyl (C=O) groups excluding carboxylic acids is 6. The summed E-state index contributed by atoms with van der Waals surface area (Å²) in [7, 11) is 2.98. The molecule has 0 bridgehead atoms. The first-order chi connectivity index (χ1) is 25.7. The van der Waals surface area contributed by atoms with Crippen molar-refractivity contribution in [2.45, 2.75) is 46.7 Å². The Kier molecular flexibility index (Phi) is 11.2. The van der Waals surface area contributed by atoms with Gasteiger partial charge in [-0.05, 0) is 83.1 Å². The minimum atomic E-state index is -0.639. The molecule has 0 saturated heterocycles. The van der Waals surface area contributed by atoms with E-state index in [2.05, 4.69) is 13.2 Å². The van der Waals surface area contributed by atoms with Crippen molar-refractivity contribution in [1.29, 1.82) is 0 Å². The number of methoxy groups -OCH3 is 2. The third-order valence-corrected chi connectivity index (χ3v) is 8.74. The number of amides is 4. The lowest BCUT2D eigenvalue weighted by atomic mass is 9.92. The summed E-state index contributed by atoms with van der Waals surface area (Å²) in [6.45, 7) is 15.8. The van der Waals surface area contributed by atoms with Crippen LogP contribution < -0.4 is 18.9 Å². The van der Waals surface area contributed by atoms with Gasteiger partial charge >= 0.3 is 11.9 Å². The van der Waals surface area contributed by atoms with Gasteiger partial charge in [0.05, 0.1) is 25.0 Å². The van der Waals surface area contributed by atoms with Crippen molar-refractivity contribution < 1.29 is 52.5 Å². The number of imide groups is 2. The van der Waals surface area contributed by atoms with Gasteiger partial charge in [0.15, 0.2) is 0 Å². The first-order valence-electron chi connectivity index (χ1n) is 17.0. The first-order valence-corrected chi connectivity index (χ1v) is 17.0. The van der Waals surface area contributed by atoms with Gasteiger partial charge in [-0.2, -0.15) is 0 Å².